The summed E-state index contributed by atoms with van der Waals surface area (Å²) in [6.07, 6.45) is -5.64. The van der Waals surface area contributed by atoms with E-state index in [1.54, 1.807) is 6.92 Å². The van der Waals surface area contributed by atoms with E-state index in [9.17, 15) is 18.0 Å². The lowest BCUT2D eigenvalue weighted by Crippen LogP contribution is -2.16. The molecule has 0 bridgehead atoms. The van der Waals surface area contributed by atoms with E-state index in [-0.39, 0.29) is 5.13 Å². The van der Waals surface area contributed by atoms with Crippen LogP contribution >= 0.6 is 11.3 Å². The number of aryl methyl sites for hydroxylation is 1. The van der Waals surface area contributed by atoms with Crippen LogP contribution in [0.15, 0.2) is 24.3 Å². The molecule has 1 N–H and O–H groups in total. The Kier molecular flexibility index (Phi) is 6.35. The van der Waals surface area contributed by atoms with Gasteiger partial charge in [-0.3, -0.25) is 4.79 Å². The first kappa shape index (κ1) is 19.2. The number of rotatable bonds is 7. The summed E-state index contributed by atoms with van der Waals surface area (Å²) in [6.45, 7) is 3.84. The predicted octanol–water partition coefficient (Wildman–Crippen LogP) is 4.52. The van der Waals surface area contributed by atoms with Gasteiger partial charge in [-0.25, -0.2) is 0 Å². The average molecular weight is 373 g/mol. The smallest absolute Gasteiger partial charge is 0.389 e. The van der Waals surface area contributed by atoms with Crippen molar-refractivity contribution in [3.63, 3.8) is 0 Å². The molecule has 0 fully saturated rings. The number of benzene rings is 1. The maximum atomic E-state index is 12.1. The van der Waals surface area contributed by atoms with Gasteiger partial charge in [0.2, 0.25) is 11.0 Å². The highest BCUT2D eigenvalue weighted by atomic mass is 32.1. The summed E-state index contributed by atoms with van der Waals surface area (Å²) in [6, 6.07) is 7.65. The van der Waals surface area contributed by atoms with Crippen LogP contribution < -0.4 is 10.1 Å². The van der Waals surface area contributed by atoms with Crippen LogP contribution in [0.5, 0.6) is 5.75 Å². The fourth-order valence-electron chi connectivity index (χ4n) is 1.94. The van der Waals surface area contributed by atoms with Crippen molar-refractivity contribution in [2.45, 2.75) is 45.4 Å². The number of nitrogens with zero attached hydrogens (tertiary/aromatic N) is 2. The van der Waals surface area contributed by atoms with Crippen molar-refractivity contribution in [2.24, 2.45) is 0 Å². The topological polar surface area (TPSA) is 64.1 Å². The van der Waals surface area contributed by atoms with Crippen LogP contribution in [0.2, 0.25) is 0 Å². The van der Waals surface area contributed by atoms with Crippen LogP contribution in [0.1, 0.15) is 43.4 Å². The second-order valence-corrected chi connectivity index (χ2v) is 6.38. The van der Waals surface area contributed by atoms with Gasteiger partial charge in [-0.15, -0.1) is 10.2 Å². The zero-order chi connectivity index (χ0) is 18.4. The molecule has 1 heterocycles. The summed E-state index contributed by atoms with van der Waals surface area (Å²) in [5.41, 5.74) is 1.19. The summed E-state index contributed by atoms with van der Waals surface area (Å²) >= 11 is 1.07. The molecule has 25 heavy (non-hydrogen) atoms. The predicted molar refractivity (Wildman–Crippen MR) is 88.7 cm³/mol. The van der Waals surface area contributed by atoms with Gasteiger partial charge in [0.25, 0.3) is 0 Å². The lowest BCUT2D eigenvalue weighted by Gasteiger charge is -2.11. The fourth-order valence-corrected chi connectivity index (χ4v) is 2.69. The van der Waals surface area contributed by atoms with Crippen molar-refractivity contribution < 1.29 is 22.7 Å². The van der Waals surface area contributed by atoms with E-state index in [1.807, 2.05) is 24.3 Å². The molecule has 1 atom stereocenters. The molecular formula is C16H18F3N3O2S. The average Bonchev–Trinajstić information content (AvgIpc) is 3.01. The first-order valence-electron chi connectivity index (χ1n) is 7.72. The number of anilines is 1. The third-order valence-corrected chi connectivity index (χ3v) is 4.31. The van der Waals surface area contributed by atoms with Gasteiger partial charge in [-0.2, -0.15) is 13.2 Å². The van der Waals surface area contributed by atoms with E-state index in [0.29, 0.717) is 10.8 Å². The van der Waals surface area contributed by atoms with Gasteiger partial charge < -0.3 is 10.1 Å². The van der Waals surface area contributed by atoms with Gasteiger partial charge in [-0.05, 0) is 31.0 Å². The summed E-state index contributed by atoms with van der Waals surface area (Å²) in [5.74, 6) is -0.0700. The second-order valence-electron chi connectivity index (χ2n) is 5.37. The number of ether oxygens (including phenoxy) is 1. The zero-order valence-corrected chi connectivity index (χ0v) is 14.6. The fraction of sp³-hybridized carbons (Fsp3) is 0.438. The van der Waals surface area contributed by atoms with Gasteiger partial charge >= 0.3 is 6.18 Å². The molecule has 1 amide bonds. The van der Waals surface area contributed by atoms with Gasteiger partial charge in [0.15, 0.2) is 5.01 Å². The molecule has 2 rings (SSSR count). The number of alkyl halides is 3. The van der Waals surface area contributed by atoms with Crippen molar-refractivity contribution in [2.75, 3.05) is 5.32 Å². The molecule has 0 radical (unpaired) electrons. The Morgan fingerprint density at radius 1 is 1.28 bits per heavy atom. The number of amides is 1. The molecule has 0 aliphatic carbocycles. The molecule has 1 aromatic carbocycles. The van der Waals surface area contributed by atoms with E-state index in [2.05, 4.69) is 22.4 Å². The molecule has 0 saturated heterocycles. The van der Waals surface area contributed by atoms with Crippen molar-refractivity contribution in [3.8, 4) is 5.75 Å². The van der Waals surface area contributed by atoms with E-state index < -0.39 is 31.0 Å². The van der Waals surface area contributed by atoms with Gasteiger partial charge in [0.1, 0.15) is 11.9 Å². The zero-order valence-electron chi connectivity index (χ0n) is 13.8. The quantitative estimate of drug-likeness (QED) is 0.775. The number of aromatic nitrogens is 2. The van der Waals surface area contributed by atoms with Crippen molar-refractivity contribution in [1.82, 2.24) is 10.2 Å². The Morgan fingerprint density at radius 3 is 2.56 bits per heavy atom. The van der Waals surface area contributed by atoms with Crippen LogP contribution in [0, 0.1) is 0 Å². The third kappa shape index (κ3) is 6.33. The Bertz CT molecular complexity index is 701. The summed E-state index contributed by atoms with van der Waals surface area (Å²) in [5, 5.41) is 10.7. The molecule has 9 heteroatoms. The molecule has 5 nitrogen and oxygen atoms in total. The van der Waals surface area contributed by atoms with Crippen molar-refractivity contribution in [3.05, 3.63) is 34.8 Å². The van der Waals surface area contributed by atoms with Gasteiger partial charge in [0.05, 0.1) is 6.42 Å². The van der Waals surface area contributed by atoms with E-state index in [0.717, 1.165) is 17.8 Å². The summed E-state index contributed by atoms with van der Waals surface area (Å²) < 4.78 is 42.0. The molecule has 1 aromatic heterocycles. The van der Waals surface area contributed by atoms with Crippen molar-refractivity contribution >= 4 is 22.4 Å². The van der Waals surface area contributed by atoms with Gasteiger partial charge in [0, 0.05) is 6.42 Å². The molecule has 0 saturated carbocycles. The van der Waals surface area contributed by atoms with Crippen LogP contribution in [-0.2, 0) is 11.2 Å². The molecule has 2 aromatic rings. The highest BCUT2D eigenvalue weighted by molar-refractivity contribution is 7.15. The minimum Gasteiger partial charge on any atom is -0.483 e. The standard InChI is InChI=1S/C16H18F3N3O2S/c1-3-11-4-6-12(7-5-11)24-10(2)14-21-22-15(25-14)20-13(23)8-9-16(17,18)19/h4-7,10H,3,8-9H2,1-2H3,(H,20,22,23). The number of halogens is 3. The maximum Gasteiger partial charge on any atom is 0.389 e. The van der Waals surface area contributed by atoms with Crippen molar-refractivity contribution in [1.29, 1.82) is 0 Å². The Morgan fingerprint density at radius 2 is 1.96 bits per heavy atom. The lowest BCUT2D eigenvalue weighted by molar-refractivity contribution is -0.142. The Balaban J connectivity index is 1.89. The van der Waals surface area contributed by atoms with Crippen LogP contribution in [-0.4, -0.2) is 22.3 Å². The Labute approximate surface area is 147 Å². The largest absolute Gasteiger partial charge is 0.483 e. The lowest BCUT2D eigenvalue weighted by atomic mass is 10.2. The molecular weight excluding hydrogens is 355 g/mol. The number of hydrogen-bond donors (Lipinski definition) is 1. The van der Waals surface area contributed by atoms with E-state index in [4.69, 9.17) is 4.74 Å². The third-order valence-electron chi connectivity index (χ3n) is 3.31. The highest BCUT2D eigenvalue weighted by Gasteiger charge is 2.28. The first-order valence-corrected chi connectivity index (χ1v) is 8.54. The number of carbonyl (C=O) groups is 1. The minimum absolute atomic E-state index is 0.152. The van der Waals surface area contributed by atoms with Crippen LogP contribution in [0.25, 0.3) is 0 Å². The van der Waals surface area contributed by atoms with Crippen LogP contribution in [0.4, 0.5) is 18.3 Å². The molecule has 1 unspecified atom stereocenters. The molecule has 0 spiro atoms. The minimum atomic E-state index is -4.36. The monoisotopic (exact) mass is 373 g/mol. The molecule has 136 valence electrons. The van der Waals surface area contributed by atoms with E-state index >= 15 is 0 Å². The maximum absolute atomic E-state index is 12.1. The molecule has 0 aliphatic rings. The normalized spacial score (nSPS) is 12.7. The van der Waals surface area contributed by atoms with Gasteiger partial charge in [-0.1, -0.05) is 30.4 Å². The number of nitrogens with one attached hydrogen (secondary N) is 1. The highest BCUT2D eigenvalue weighted by Crippen LogP contribution is 2.27. The molecule has 0 aliphatic heterocycles. The van der Waals surface area contributed by atoms with E-state index in [1.165, 1.54) is 5.56 Å². The Hall–Kier alpha value is -2.16. The summed E-state index contributed by atoms with van der Waals surface area (Å²) in [7, 11) is 0. The number of hydrogen-bond acceptors (Lipinski definition) is 5. The van der Waals surface area contributed by atoms with Crippen LogP contribution in [0.3, 0.4) is 0 Å². The SMILES string of the molecule is CCc1ccc(OC(C)c2nnc(NC(=O)CCC(F)(F)F)s2)cc1. The second kappa shape index (κ2) is 8.28. The summed E-state index contributed by atoms with van der Waals surface area (Å²) in [4.78, 5) is 11.5. The number of carbonyl (C=O) groups excluding carboxylic acids is 1. The first-order chi connectivity index (χ1) is 11.8.